The number of carbonyl (C=O) groups excluding carboxylic acids is 1. The summed E-state index contributed by atoms with van der Waals surface area (Å²) in [5.41, 5.74) is 3.04. The minimum absolute atomic E-state index is 0.205. The van der Waals surface area contributed by atoms with Crippen molar-refractivity contribution in [1.29, 1.82) is 0 Å². The van der Waals surface area contributed by atoms with Crippen molar-refractivity contribution in [1.82, 2.24) is 19.4 Å². The highest BCUT2D eigenvalue weighted by Crippen LogP contribution is 2.44. The van der Waals surface area contributed by atoms with E-state index in [-0.39, 0.29) is 22.3 Å². The number of rotatable bonds is 7. The van der Waals surface area contributed by atoms with Crippen LogP contribution in [0.15, 0.2) is 58.3 Å². The molecule has 2 aliphatic rings. The molecule has 0 spiro atoms. The van der Waals surface area contributed by atoms with Crippen LogP contribution in [-0.2, 0) is 20.5 Å². The van der Waals surface area contributed by atoms with Crippen LogP contribution >= 0.6 is 23.2 Å². The van der Waals surface area contributed by atoms with Gasteiger partial charge in [0, 0.05) is 55.0 Å². The second-order valence-corrected chi connectivity index (χ2v) is 12.3. The molecule has 0 bridgehead atoms. The van der Waals surface area contributed by atoms with Crippen LogP contribution in [0.25, 0.3) is 22.4 Å². The van der Waals surface area contributed by atoms with Crippen LogP contribution in [0.3, 0.4) is 0 Å². The van der Waals surface area contributed by atoms with E-state index in [1.807, 2.05) is 24.3 Å². The third kappa shape index (κ3) is 5.68. The Morgan fingerprint density at radius 3 is 2.40 bits per heavy atom. The molecule has 0 saturated heterocycles. The van der Waals surface area contributed by atoms with Crippen LogP contribution in [0.5, 0.6) is 5.88 Å². The number of nitrogens with zero attached hydrogens (tertiary/aromatic N) is 3. The number of ether oxygens (including phenoxy) is 1. The molecule has 2 unspecified atom stereocenters. The number of nitrogens with one attached hydrogen (secondary N) is 2. The largest absolute Gasteiger partial charge is 0.481 e. The topological polar surface area (TPSA) is 127 Å². The quantitative estimate of drug-likeness (QED) is 0.261. The van der Waals surface area contributed by atoms with Gasteiger partial charge in [0.2, 0.25) is 5.88 Å². The van der Waals surface area contributed by atoms with E-state index >= 15 is 0 Å². The summed E-state index contributed by atoms with van der Waals surface area (Å²) in [5, 5.41) is 17.9. The molecule has 3 N–H and O–H groups in total. The van der Waals surface area contributed by atoms with Crippen molar-refractivity contribution < 1.29 is 14.6 Å². The molecule has 6 rings (SSSR count). The van der Waals surface area contributed by atoms with Gasteiger partial charge in [-0.15, -0.1) is 0 Å². The minimum atomic E-state index is -0.718. The van der Waals surface area contributed by atoms with Gasteiger partial charge in [-0.05, 0) is 30.5 Å². The van der Waals surface area contributed by atoms with Crippen molar-refractivity contribution in [2.24, 2.45) is 14.1 Å². The zero-order valence-electron chi connectivity index (χ0n) is 25.1. The first-order chi connectivity index (χ1) is 21.6. The number of pyridine rings is 1. The standard InChI is InChI=1S/C33H33Cl2N5O5/c1-39-16-22(32(43)40(2)33(39)44)30(42)37-23-13-7-11-20(28(23)35)19-10-6-12-21(27(19)34)24-14-17-15-25(41)29(26(17)31(38-24)45-3)36-18-8-4-5-9-18/h6-7,10-14,16,18,25,29,36,41H,4-5,8-9,15H2,1-3H3,(H,37,42). The number of aryl methyl sites for hydroxylation is 1. The molecule has 2 atom stereocenters. The predicted molar refractivity (Wildman–Crippen MR) is 174 cm³/mol. The van der Waals surface area contributed by atoms with E-state index in [0.717, 1.165) is 33.1 Å². The predicted octanol–water partition coefficient (Wildman–Crippen LogP) is 4.87. The zero-order valence-corrected chi connectivity index (χ0v) is 26.6. The first-order valence-electron chi connectivity index (χ1n) is 14.8. The second kappa shape index (κ2) is 12.4. The van der Waals surface area contributed by atoms with Crippen molar-refractivity contribution in [2.75, 3.05) is 12.4 Å². The Balaban J connectivity index is 1.34. The first kappa shape index (κ1) is 31.0. The maximum Gasteiger partial charge on any atom is 0.330 e. The van der Waals surface area contributed by atoms with Gasteiger partial charge >= 0.3 is 5.69 Å². The molecule has 2 heterocycles. The number of amides is 1. The fourth-order valence-electron chi connectivity index (χ4n) is 6.38. The smallest absolute Gasteiger partial charge is 0.330 e. The molecule has 10 nitrogen and oxygen atoms in total. The van der Waals surface area contributed by atoms with E-state index in [1.165, 1.54) is 33.1 Å². The number of aliphatic hydroxyl groups is 1. The van der Waals surface area contributed by atoms with Crippen LogP contribution in [-0.4, -0.2) is 44.4 Å². The Hall–Kier alpha value is -3.96. The summed E-state index contributed by atoms with van der Waals surface area (Å²) >= 11 is 13.8. The molecule has 0 radical (unpaired) electrons. The lowest BCUT2D eigenvalue weighted by atomic mass is 9.99. The number of hydrogen-bond acceptors (Lipinski definition) is 7. The third-order valence-electron chi connectivity index (χ3n) is 8.70. The number of aliphatic hydroxyl groups excluding tert-OH is 1. The Labute approximate surface area is 269 Å². The number of hydrogen-bond donors (Lipinski definition) is 3. The molecule has 12 heteroatoms. The van der Waals surface area contributed by atoms with Crippen LogP contribution in [0, 0.1) is 0 Å². The van der Waals surface area contributed by atoms with Gasteiger partial charge in [0.05, 0.1) is 40.7 Å². The van der Waals surface area contributed by atoms with Gasteiger partial charge in [-0.25, -0.2) is 9.78 Å². The van der Waals surface area contributed by atoms with Gasteiger partial charge < -0.3 is 25.0 Å². The summed E-state index contributed by atoms with van der Waals surface area (Å²) in [6.07, 6.45) is 5.63. The van der Waals surface area contributed by atoms with Crippen LogP contribution in [0.4, 0.5) is 5.69 Å². The number of methoxy groups -OCH3 is 1. The first-order valence-corrected chi connectivity index (χ1v) is 15.5. The van der Waals surface area contributed by atoms with Crippen molar-refractivity contribution in [3.63, 3.8) is 0 Å². The lowest BCUT2D eigenvalue weighted by molar-refractivity contribution is 0.102. The van der Waals surface area contributed by atoms with E-state index in [4.69, 9.17) is 32.9 Å². The molecule has 1 amide bonds. The summed E-state index contributed by atoms with van der Waals surface area (Å²) in [6.45, 7) is 0. The molecule has 0 aliphatic heterocycles. The Morgan fingerprint density at radius 1 is 1.02 bits per heavy atom. The van der Waals surface area contributed by atoms with Crippen LogP contribution in [0.2, 0.25) is 10.0 Å². The second-order valence-electron chi connectivity index (χ2n) is 11.6. The molecule has 2 aromatic heterocycles. The Bertz CT molecular complexity index is 1930. The van der Waals surface area contributed by atoms with Gasteiger partial charge in [0.1, 0.15) is 5.56 Å². The molecule has 2 aromatic carbocycles. The normalized spacial score (nSPS) is 17.8. The molecular weight excluding hydrogens is 617 g/mol. The lowest BCUT2D eigenvalue weighted by Crippen LogP contribution is -2.40. The highest BCUT2D eigenvalue weighted by molar-refractivity contribution is 6.39. The summed E-state index contributed by atoms with van der Waals surface area (Å²) in [7, 11) is 4.34. The number of carbonyl (C=O) groups is 1. The summed E-state index contributed by atoms with van der Waals surface area (Å²) in [6, 6.07) is 12.7. The van der Waals surface area contributed by atoms with Crippen molar-refractivity contribution in [3.8, 4) is 28.3 Å². The zero-order chi connectivity index (χ0) is 32.0. The van der Waals surface area contributed by atoms with Gasteiger partial charge in [-0.1, -0.05) is 66.4 Å². The minimum Gasteiger partial charge on any atom is -0.481 e. The van der Waals surface area contributed by atoms with Gasteiger partial charge in [-0.2, -0.15) is 0 Å². The molecule has 1 fully saturated rings. The van der Waals surface area contributed by atoms with E-state index < -0.39 is 23.3 Å². The molecular formula is C33H33Cl2N5O5. The molecule has 234 valence electrons. The summed E-state index contributed by atoms with van der Waals surface area (Å²) in [4.78, 5) is 42.6. The monoisotopic (exact) mass is 649 g/mol. The highest BCUT2D eigenvalue weighted by Gasteiger charge is 2.37. The van der Waals surface area contributed by atoms with Crippen LogP contribution < -0.4 is 26.6 Å². The van der Waals surface area contributed by atoms with Gasteiger partial charge in [0.15, 0.2) is 0 Å². The average Bonchev–Trinajstić information content (AvgIpc) is 3.66. The SMILES string of the molecule is COc1nc(-c2cccc(-c3cccc(NC(=O)c4cn(C)c(=O)n(C)c4=O)c3Cl)c2Cl)cc2c1C(NC1CCCC1)C(O)C2. The summed E-state index contributed by atoms with van der Waals surface area (Å²) < 4.78 is 7.78. The number of halogens is 2. The van der Waals surface area contributed by atoms with Crippen molar-refractivity contribution in [3.05, 3.63) is 96.2 Å². The lowest BCUT2D eigenvalue weighted by Gasteiger charge is -2.23. The fraction of sp³-hybridized carbons (Fsp3) is 0.333. The molecule has 4 aromatic rings. The highest BCUT2D eigenvalue weighted by atomic mass is 35.5. The molecule has 1 saturated carbocycles. The molecule has 45 heavy (non-hydrogen) atoms. The molecule has 2 aliphatic carbocycles. The fourth-order valence-corrected chi connectivity index (χ4v) is 6.98. The van der Waals surface area contributed by atoms with Gasteiger partial charge in [-0.3, -0.25) is 14.2 Å². The van der Waals surface area contributed by atoms with E-state index in [0.29, 0.717) is 45.7 Å². The number of aromatic nitrogens is 3. The van der Waals surface area contributed by atoms with E-state index in [1.54, 1.807) is 25.3 Å². The Kier molecular flexibility index (Phi) is 8.58. The van der Waals surface area contributed by atoms with Crippen LogP contribution in [0.1, 0.15) is 53.2 Å². The maximum absolute atomic E-state index is 13.1. The van der Waals surface area contributed by atoms with Gasteiger partial charge in [0.25, 0.3) is 11.5 Å². The maximum atomic E-state index is 13.1. The number of benzene rings is 2. The number of anilines is 1. The average molecular weight is 651 g/mol. The van der Waals surface area contributed by atoms with E-state index in [9.17, 15) is 19.5 Å². The Morgan fingerprint density at radius 2 is 1.69 bits per heavy atom. The van der Waals surface area contributed by atoms with Crippen molar-refractivity contribution >= 4 is 34.8 Å². The van der Waals surface area contributed by atoms with Crippen molar-refractivity contribution in [2.45, 2.75) is 50.3 Å². The third-order valence-corrected chi connectivity index (χ3v) is 9.52. The number of fused-ring (bicyclic) bond motifs is 1. The summed E-state index contributed by atoms with van der Waals surface area (Å²) in [5.74, 6) is -0.259. The van der Waals surface area contributed by atoms with E-state index in [2.05, 4.69) is 10.6 Å².